The van der Waals surface area contributed by atoms with Crippen molar-refractivity contribution < 1.29 is 9.84 Å². The summed E-state index contributed by atoms with van der Waals surface area (Å²) in [4.78, 5) is 9.28. The van der Waals surface area contributed by atoms with Gasteiger partial charge in [-0.3, -0.25) is 4.98 Å². The molecule has 5 nitrogen and oxygen atoms in total. The van der Waals surface area contributed by atoms with Gasteiger partial charge in [-0.15, -0.1) is 0 Å². The Morgan fingerprint density at radius 2 is 2.04 bits per heavy atom. The van der Waals surface area contributed by atoms with Crippen molar-refractivity contribution in [2.75, 3.05) is 18.5 Å². The average Bonchev–Trinajstić information content (AvgIpc) is 3.23. The van der Waals surface area contributed by atoms with E-state index < -0.39 is 0 Å². The number of aliphatic hydroxyl groups excluding tert-OH is 1. The number of rotatable bonds is 6. The number of nitrogens with one attached hydrogen (secondary N) is 1. The zero-order valence-corrected chi connectivity index (χ0v) is 16.9. The Morgan fingerprint density at radius 1 is 1.18 bits per heavy atom. The molecule has 1 atom stereocenters. The Hall–Kier alpha value is -1.69. The van der Waals surface area contributed by atoms with Crippen LogP contribution in [0.25, 0.3) is 11.3 Å². The van der Waals surface area contributed by atoms with E-state index in [0.717, 1.165) is 80.9 Å². The van der Waals surface area contributed by atoms with Crippen LogP contribution < -0.4 is 5.32 Å². The predicted octanol–water partition coefficient (Wildman–Crippen LogP) is 4.48. The van der Waals surface area contributed by atoms with Gasteiger partial charge in [0.25, 0.3) is 0 Å². The van der Waals surface area contributed by atoms with Gasteiger partial charge < -0.3 is 15.2 Å². The predicted molar refractivity (Wildman–Crippen MR) is 112 cm³/mol. The molecule has 1 saturated heterocycles. The maximum Gasteiger partial charge on any atom is 0.126 e. The maximum atomic E-state index is 9.71. The molecule has 6 heteroatoms. The van der Waals surface area contributed by atoms with Crippen molar-refractivity contribution in [3.63, 3.8) is 0 Å². The molecule has 3 heterocycles. The van der Waals surface area contributed by atoms with Crippen molar-refractivity contribution in [1.82, 2.24) is 9.97 Å². The van der Waals surface area contributed by atoms with E-state index in [0.29, 0.717) is 10.9 Å². The number of ether oxygens (including phenoxy) is 1. The van der Waals surface area contributed by atoms with E-state index in [1.807, 2.05) is 18.2 Å². The maximum absolute atomic E-state index is 9.71. The van der Waals surface area contributed by atoms with Gasteiger partial charge in [-0.2, -0.15) is 0 Å². The molecule has 0 unspecified atom stereocenters. The van der Waals surface area contributed by atoms with Gasteiger partial charge in [-0.1, -0.05) is 17.7 Å². The summed E-state index contributed by atoms with van der Waals surface area (Å²) in [5, 5.41) is 13.7. The minimum Gasteiger partial charge on any atom is -0.393 e. The molecule has 2 N–H and O–H groups in total. The number of nitrogens with zero attached hydrogens (tertiary/aromatic N) is 2. The molecule has 0 aromatic carbocycles. The van der Waals surface area contributed by atoms with Gasteiger partial charge in [-0.05, 0) is 69.1 Å². The highest BCUT2D eigenvalue weighted by molar-refractivity contribution is 6.33. The lowest BCUT2D eigenvalue weighted by Crippen LogP contribution is -2.20. The van der Waals surface area contributed by atoms with Gasteiger partial charge in [0, 0.05) is 30.6 Å². The summed E-state index contributed by atoms with van der Waals surface area (Å²) < 4.78 is 5.67. The number of aromatic nitrogens is 2. The van der Waals surface area contributed by atoms with Crippen LogP contribution in [0.2, 0.25) is 5.02 Å². The van der Waals surface area contributed by atoms with Crippen LogP contribution in [0.15, 0.2) is 30.5 Å². The van der Waals surface area contributed by atoms with Crippen LogP contribution in [-0.4, -0.2) is 40.4 Å². The minimum atomic E-state index is -0.126. The Morgan fingerprint density at radius 3 is 2.82 bits per heavy atom. The first kappa shape index (κ1) is 19.6. The number of pyridine rings is 2. The Kier molecular flexibility index (Phi) is 6.45. The van der Waals surface area contributed by atoms with Crippen molar-refractivity contribution in [2.24, 2.45) is 5.92 Å². The lowest BCUT2D eigenvalue weighted by Gasteiger charge is -2.25. The summed E-state index contributed by atoms with van der Waals surface area (Å²) in [7, 11) is 0. The van der Waals surface area contributed by atoms with Crippen molar-refractivity contribution >= 4 is 17.4 Å². The first-order chi connectivity index (χ1) is 13.7. The quantitative estimate of drug-likeness (QED) is 0.746. The topological polar surface area (TPSA) is 67.3 Å². The molecule has 2 aromatic rings. The molecule has 0 radical (unpaired) electrons. The van der Waals surface area contributed by atoms with Crippen LogP contribution >= 0.6 is 11.6 Å². The zero-order valence-electron chi connectivity index (χ0n) is 16.1. The summed E-state index contributed by atoms with van der Waals surface area (Å²) in [5.74, 6) is 1.42. The Balaban J connectivity index is 1.46. The van der Waals surface area contributed by atoms with E-state index in [2.05, 4.69) is 16.4 Å². The summed E-state index contributed by atoms with van der Waals surface area (Å²) in [6, 6.07) is 8.03. The molecule has 4 rings (SSSR count). The number of aliphatic hydroxyl groups is 1. The lowest BCUT2D eigenvalue weighted by atomic mass is 9.84. The molecule has 2 fully saturated rings. The minimum absolute atomic E-state index is 0.126. The SMILES string of the molecule is OC1CCC(Cc2cc(-c3cccc(NC[C@@H]4CCCO4)n3)c(Cl)cn2)CC1. The third-order valence-electron chi connectivity index (χ3n) is 5.79. The lowest BCUT2D eigenvalue weighted by molar-refractivity contribution is 0.108. The normalized spacial score (nSPS) is 25.0. The van der Waals surface area contributed by atoms with Gasteiger partial charge in [0.1, 0.15) is 5.82 Å². The van der Waals surface area contributed by atoms with Crippen LogP contribution in [0, 0.1) is 5.92 Å². The average molecular weight is 402 g/mol. The highest BCUT2D eigenvalue weighted by atomic mass is 35.5. The fourth-order valence-corrected chi connectivity index (χ4v) is 4.34. The number of anilines is 1. The molecular weight excluding hydrogens is 374 g/mol. The molecular formula is C22H28ClN3O2. The molecule has 1 aliphatic heterocycles. The number of halogens is 1. The number of hydrogen-bond donors (Lipinski definition) is 2. The second kappa shape index (κ2) is 9.21. The molecule has 0 amide bonds. The monoisotopic (exact) mass is 401 g/mol. The third-order valence-corrected chi connectivity index (χ3v) is 6.09. The van der Waals surface area contributed by atoms with Crippen LogP contribution in [0.4, 0.5) is 5.82 Å². The van der Waals surface area contributed by atoms with Crippen molar-refractivity contribution in [2.45, 2.75) is 57.2 Å². The van der Waals surface area contributed by atoms with Gasteiger partial charge in [0.15, 0.2) is 0 Å². The second-order valence-corrected chi connectivity index (χ2v) is 8.37. The summed E-state index contributed by atoms with van der Waals surface area (Å²) in [5.41, 5.74) is 2.81. The van der Waals surface area contributed by atoms with E-state index in [1.165, 1.54) is 0 Å². The fraction of sp³-hybridized carbons (Fsp3) is 0.545. The van der Waals surface area contributed by atoms with E-state index >= 15 is 0 Å². The standard InChI is InChI=1S/C22H28ClN3O2/c23-20-14-24-16(11-15-6-8-17(27)9-7-15)12-19(20)21-4-1-5-22(26-21)25-13-18-3-2-10-28-18/h1,4-5,12,14-15,17-18,27H,2-3,6-11,13H2,(H,25,26)/t15?,17?,18-/m0/s1. The molecule has 0 bridgehead atoms. The fourth-order valence-electron chi connectivity index (χ4n) is 4.14. The summed E-state index contributed by atoms with van der Waals surface area (Å²) in [6.45, 7) is 1.63. The summed E-state index contributed by atoms with van der Waals surface area (Å²) >= 11 is 6.45. The van der Waals surface area contributed by atoms with Crippen LogP contribution in [0.1, 0.15) is 44.2 Å². The van der Waals surface area contributed by atoms with E-state index in [9.17, 15) is 5.11 Å². The smallest absolute Gasteiger partial charge is 0.126 e. The number of hydrogen-bond acceptors (Lipinski definition) is 5. The van der Waals surface area contributed by atoms with E-state index in [1.54, 1.807) is 6.20 Å². The summed E-state index contributed by atoms with van der Waals surface area (Å²) in [6.07, 6.45) is 8.94. The van der Waals surface area contributed by atoms with Crippen molar-refractivity contribution in [1.29, 1.82) is 0 Å². The van der Waals surface area contributed by atoms with Crippen molar-refractivity contribution in [3.8, 4) is 11.3 Å². The third kappa shape index (κ3) is 5.02. The van der Waals surface area contributed by atoms with E-state index in [-0.39, 0.29) is 12.2 Å². The van der Waals surface area contributed by atoms with Gasteiger partial charge >= 0.3 is 0 Å². The van der Waals surface area contributed by atoms with Gasteiger partial charge in [-0.25, -0.2) is 4.98 Å². The zero-order chi connectivity index (χ0) is 19.3. The molecule has 1 aliphatic carbocycles. The second-order valence-electron chi connectivity index (χ2n) is 7.96. The first-order valence-corrected chi connectivity index (χ1v) is 10.7. The highest BCUT2D eigenvalue weighted by Crippen LogP contribution is 2.31. The molecule has 28 heavy (non-hydrogen) atoms. The Bertz CT molecular complexity index is 787. The van der Waals surface area contributed by atoms with Crippen LogP contribution in [0.3, 0.4) is 0 Å². The van der Waals surface area contributed by atoms with Gasteiger partial charge in [0.05, 0.1) is 22.9 Å². The highest BCUT2D eigenvalue weighted by Gasteiger charge is 2.21. The van der Waals surface area contributed by atoms with Gasteiger partial charge in [0.2, 0.25) is 0 Å². The van der Waals surface area contributed by atoms with Crippen LogP contribution in [0.5, 0.6) is 0 Å². The van der Waals surface area contributed by atoms with Crippen molar-refractivity contribution in [3.05, 3.63) is 41.2 Å². The molecule has 150 valence electrons. The Labute approximate surface area is 171 Å². The molecule has 0 spiro atoms. The largest absolute Gasteiger partial charge is 0.393 e. The molecule has 2 aromatic heterocycles. The van der Waals surface area contributed by atoms with E-state index in [4.69, 9.17) is 21.3 Å². The van der Waals surface area contributed by atoms with Crippen LogP contribution in [-0.2, 0) is 11.2 Å². The molecule has 1 saturated carbocycles. The molecule has 2 aliphatic rings. The first-order valence-electron chi connectivity index (χ1n) is 10.3.